The van der Waals surface area contributed by atoms with Gasteiger partial charge in [0.05, 0.1) is 6.10 Å². The van der Waals surface area contributed by atoms with E-state index >= 15 is 0 Å². The van der Waals surface area contributed by atoms with Gasteiger partial charge in [-0.2, -0.15) is 0 Å². The summed E-state index contributed by atoms with van der Waals surface area (Å²) in [6, 6.07) is 6.72. The van der Waals surface area contributed by atoms with Crippen LogP contribution >= 0.6 is 11.3 Å². The fourth-order valence-electron chi connectivity index (χ4n) is 1.93. The van der Waals surface area contributed by atoms with Crippen LogP contribution in [-0.4, -0.2) is 5.11 Å². The van der Waals surface area contributed by atoms with Gasteiger partial charge in [-0.3, -0.25) is 0 Å². The molecule has 18 heavy (non-hydrogen) atoms. The maximum Gasteiger partial charge on any atom is 0.123 e. The molecule has 0 bridgehead atoms. The zero-order valence-electron chi connectivity index (χ0n) is 10.8. The van der Waals surface area contributed by atoms with Gasteiger partial charge in [-0.25, -0.2) is 4.39 Å². The Bertz CT molecular complexity index is 540. The highest BCUT2D eigenvalue weighted by Gasteiger charge is 2.14. The largest absolute Gasteiger partial charge is 0.387 e. The Labute approximate surface area is 111 Å². The molecule has 2 aromatic rings. The van der Waals surface area contributed by atoms with E-state index in [1.165, 1.54) is 22.6 Å². The molecule has 0 aliphatic rings. The fourth-order valence-corrected chi connectivity index (χ4v) is 2.96. The van der Waals surface area contributed by atoms with Crippen LogP contribution in [0.15, 0.2) is 24.3 Å². The van der Waals surface area contributed by atoms with Crippen LogP contribution in [0.25, 0.3) is 0 Å². The zero-order chi connectivity index (χ0) is 13.3. The predicted octanol–water partition coefficient (Wildman–Crippen LogP) is 4.09. The Morgan fingerprint density at radius 3 is 2.50 bits per heavy atom. The third kappa shape index (κ3) is 2.79. The number of halogens is 1. The quantitative estimate of drug-likeness (QED) is 0.885. The zero-order valence-corrected chi connectivity index (χ0v) is 11.6. The summed E-state index contributed by atoms with van der Waals surface area (Å²) in [4.78, 5) is 2.17. The van der Waals surface area contributed by atoms with Gasteiger partial charge in [0.2, 0.25) is 0 Å². The van der Waals surface area contributed by atoms with E-state index in [9.17, 15) is 9.50 Å². The highest BCUT2D eigenvalue weighted by atomic mass is 32.1. The topological polar surface area (TPSA) is 20.2 Å². The molecule has 96 valence electrons. The summed E-state index contributed by atoms with van der Waals surface area (Å²) < 4.78 is 13.2. The number of benzene rings is 1. The van der Waals surface area contributed by atoms with Gasteiger partial charge in [-0.05, 0) is 55.7 Å². The van der Waals surface area contributed by atoms with Crippen LogP contribution in [0.3, 0.4) is 0 Å². The van der Waals surface area contributed by atoms with Crippen LogP contribution in [0.5, 0.6) is 0 Å². The molecule has 0 fully saturated rings. The molecule has 0 radical (unpaired) electrons. The van der Waals surface area contributed by atoms with Gasteiger partial charge < -0.3 is 5.11 Å². The van der Waals surface area contributed by atoms with Gasteiger partial charge in [-0.15, -0.1) is 11.3 Å². The van der Waals surface area contributed by atoms with Crippen molar-refractivity contribution in [3.05, 3.63) is 56.5 Å². The summed E-state index contributed by atoms with van der Waals surface area (Å²) in [6.45, 7) is 6.02. The molecule has 1 atom stereocenters. The van der Waals surface area contributed by atoms with Crippen molar-refractivity contribution in [2.75, 3.05) is 0 Å². The number of rotatable bonds is 3. The van der Waals surface area contributed by atoms with Crippen LogP contribution in [0.4, 0.5) is 4.39 Å². The van der Waals surface area contributed by atoms with E-state index in [1.807, 2.05) is 26.8 Å². The molecule has 1 aromatic carbocycles. The molecule has 0 aliphatic heterocycles. The van der Waals surface area contributed by atoms with E-state index in [-0.39, 0.29) is 5.82 Å². The number of hydrogen-bond acceptors (Lipinski definition) is 2. The van der Waals surface area contributed by atoms with Crippen LogP contribution in [0.2, 0.25) is 0 Å². The summed E-state index contributed by atoms with van der Waals surface area (Å²) in [5.74, 6) is -0.249. The Balaban J connectivity index is 2.20. The first kappa shape index (κ1) is 13.2. The van der Waals surface area contributed by atoms with Crippen LogP contribution in [-0.2, 0) is 6.42 Å². The summed E-state index contributed by atoms with van der Waals surface area (Å²) >= 11 is 1.61. The Hall–Kier alpha value is -1.19. The van der Waals surface area contributed by atoms with Crippen molar-refractivity contribution >= 4 is 11.3 Å². The minimum atomic E-state index is -0.553. The van der Waals surface area contributed by atoms with Crippen molar-refractivity contribution in [2.45, 2.75) is 33.3 Å². The van der Waals surface area contributed by atoms with Crippen molar-refractivity contribution in [2.24, 2.45) is 0 Å². The Kier molecular flexibility index (Phi) is 3.83. The first-order valence-corrected chi connectivity index (χ1v) is 6.79. The lowest BCUT2D eigenvalue weighted by Crippen LogP contribution is -2.01. The molecular weight excluding hydrogens is 247 g/mol. The highest BCUT2D eigenvalue weighted by molar-refractivity contribution is 7.12. The van der Waals surface area contributed by atoms with Gasteiger partial charge in [-0.1, -0.05) is 6.07 Å². The lowest BCUT2D eigenvalue weighted by Gasteiger charge is -2.11. The van der Waals surface area contributed by atoms with Gasteiger partial charge >= 0.3 is 0 Å². The average Bonchev–Trinajstić information content (AvgIpc) is 2.64. The molecule has 0 aliphatic carbocycles. The monoisotopic (exact) mass is 264 g/mol. The minimum absolute atomic E-state index is 0.249. The van der Waals surface area contributed by atoms with Crippen LogP contribution in [0, 0.1) is 26.6 Å². The molecule has 2 rings (SSSR count). The maximum absolute atomic E-state index is 13.2. The number of aliphatic hydroxyl groups is 1. The third-order valence-corrected chi connectivity index (χ3v) is 4.49. The van der Waals surface area contributed by atoms with Crippen LogP contribution < -0.4 is 0 Å². The first-order valence-electron chi connectivity index (χ1n) is 5.97. The normalized spacial score (nSPS) is 12.7. The molecule has 0 spiro atoms. The van der Waals surface area contributed by atoms with Crippen molar-refractivity contribution in [1.82, 2.24) is 0 Å². The van der Waals surface area contributed by atoms with Crippen molar-refractivity contribution in [3.63, 3.8) is 0 Å². The number of aliphatic hydroxyl groups excluding tert-OH is 1. The van der Waals surface area contributed by atoms with Crippen molar-refractivity contribution in [3.8, 4) is 0 Å². The van der Waals surface area contributed by atoms with E-state index in [2.05, 4.69) is 0 Å². The fraction of sp³-hybridized carbons (Fsp3) is 0.333. The predicted molar refractivity (Wildman–Crippen MR) is 73.6 cm³/mol. The maximum atomic E-state index is 13.2. The molecule has 1 unspecified atom stereocenters. The van der Waals surface area contributed by atoms with Gasteiger partial charge in [0.1, 0.15) is 5.82 Å². The van der Waals surface area contributed by atoms with Crippen LogP contribution in [0.1, 0.15) is 32.5 Å². The summed E-state index contributed by atoms with van der Waals surface area (Å²) in [6.07, 6.45) is -0.0916. The van der Waals surface area contributed by atoms with E-state index in [4.69, 9.17) is 0 Å². The summed E-state index contributed by atoms with van der Waals surface area (Å²) in [5, 5.41) is 10.2. The second kappa shape index (κ2) is 5.21. The molecule has 1 aromatic heterocycles. The Morgan fingerprint density at radius 2 is 1.89 bits per heavy atom. The SMILES string of the molecule is Cc1ccc(F)cc1CC(O)c1cc(C)c(C)s1. The number of hydrogen-bond donors (Lipinski definition) is 1. The molecule has 0 saturated heterocycles. The van der Waals surface area contributed by atoms with Gasteiger partial charge in [0.15, 0.2) is 0 Å². The second-order valence-corrected chi connectivity index (χ2v) is 5.97. The highest BCUT2D eigenvalue weighted by Crippen LogP contribution is 2.29. The number of aryl methyl sites for hydroxylation is 3. The standard InChI is InChI=1S/C15H17FOS/c1-9-4-5-13(16)7-12(9)8-14(17)15-6-10(2)11(3)18-15/h4-7,14,17H,8H2,1-3H3. The Morgan fingerprint density at radius 1 is 1.17 bits per heavy atom. The smallest absolute Gasteiger partial charge is 0.123 e. The van der Waals surface area contributed by atoms with E-state index in [0.29, 0.717) is 6.42 Å². The lowest BCUT2D eigenvalue weighted by atomic mass is 10.0. The van der Waals surface area contributed by atoms with Gasteiger partial charge in [0, 0.05) is 16.2 Å². The first-order chi connectivity index (χ1) is 8.47. The van der Waals surface area contributed by atoms with E-state index in [1.54, 1.807) is 17.4 Å². The molecular formula is C15H17FOS. The summed E-state index contributed by atoms with van der Waals surface area (Å²) in [5.41, 5.74) is 3.08. The van der Waals surface area contributed by atoms with Crippen molar-refractivity contribution < 1.29 is 9.50 Å². The molecule has 1 nitrogen and oxygen atoms in total. The van der Waals surface area contributed by atoms with Gasteiger partial charge in [0.25, 0.3) is 0 Å². The molecule has 3 heteroatoms. The van der Waals surface area contributed by atoms with E-state index < -0.39 is 6.10 Å². The minimum Gasteiger partial charge on any atom is -0.387 e. The molecule has 0 saturated carbocycles. The molecule has 1 N–H and O–H groups in total. The second-order valence-electron chi connectivity index (χ2n) is 4.68. The molecule has 1 heterocycles. The lowest BCUT2D eigenvalue weighted by molar-refractivity contribution is 0.182. The van der Waals surface area contributed by atoms with E-state index in [0.717, 1.165) is 16.0 Å². The number of thiophene rings is 1. The van der Waals surface area contributed by atoms with Crippen molar-refractivity contribution in [1.29, 1.82) is 0 Å². The average molecular weight is 264 g/mol. The summed E-state index contributed by atoms with van der Waals surface area (Å²) in [7, 11) is 0. The third-order valence-electron chi connectivity index (χ3n) is 3.24. The molecule has 0 amide bonds.